The van der Waals surface area contributed by atoms with Gasteiger partial charge in [0.1, 0.15) is 5.95 Å². The van der Waals surface area contributed by atoms with Crippen LogP contribution in [0.25, 0.3) is 5.69 Å². The molecule has 2 rings (SSSR count). The van der Waals surface area contributed by atoms with E-state index >= 15 is 0 Å². The van der Waals surface area contributed by atoms with E-state index in [1.807, 2.05) is 18.2 Å². The third kappa shape index (κ3) is 2.71. The molecule has 0 aliphatic heterocycles. The predicted octanol–water partition coefficient (Wildman–Crippen LogP) is 1.12. The lowest BCUT2D eigenvalue weighted by molar-refractivity contribution is -0.653. The fourth-order valence-corrected chi connectivity index (χ4v) is 5.34. The highest BCUT2D eigenvalue weighted by Gasteiger charge is 2.36. The third-order valence-electron chi connectivity index (χ3n) is 3.26. The van der Waals surface area contributed by atoms with Crippen molar-refractivity contribution in [2.24, 2.45) is 0 Å². The van der Waals surface area contributed by atoms with E-state index in [2.05, 4.69) is 50.6 Å². The summed E-state index contributed by atoms with van der Waals surface area (Å²) in [5.74, 6) is -0.297. The first-order valence-corrected chi connectivity index (χ1v) is 13.8. The van der Waals surface area contributed by atoms with Gasteiger partial charge in [0, 0.05) is 11.3 Å². The van der Waals surface area contributed by atoms with Crippen LogP contribution in [0.5, 0.6) is 5.95 Å². The number of aromatic nitrogens is 2. The monoisotopic (exact) mass is 306 g/mol. The maximum absolute atomic E-state index is 12.0. The van der Waals surface area contributed by atoms with E-state index in [9.17, 15) is 5.11 Å². The van der Waals surface area contributed by atoms with Gasteiger partial charge in [-0.2, -0.15) is 0 Å². The van der Waals surface area contributed by atoms with Gasteiger partial charge in [-0.3, -0.25) is 0 Å². The molecule has 0 N–H and O–H groups in total. The van der Waals surface area contributed by atoms with E-state index in [4.69, 9.17) is 4.52 Å². The molecule has 0 atom stereocenters. The highest BCUT2D eigenvalue weighted by molar-refractivity contribution is 6.89. The largest absolute Gasteiger partial charge is 0.539 e. The van der Waals surface area contributed by atoms with Crippen LogP contribution in [0.2, 0.25) is 39.3 Å². The average Bonchev–Trinajstić information content (AvgIpc) is 2.69. The Kier molecular flexibility index (Phi) is 3.64. The Labute approximate surface area is 122 Å². The van der Waals surface area contributed by atoms with Crippen LogP contribution in [0, 0.1) is 0 Å². The lowest BCUT2D eigenvalue weighted by atomic mass is 10.3. The summed E-state index contributed by atoms with van der Waals surface area (Å²) >= 11 is 0. The standard InChI is InChI=1S/C14H22N2O2Si2/c1-19(2,3)12-10-8-7-9-11(12)16-13(20(4,5)6)14(17)18-15-16/h7-10H,1-6H3. The lowest BCUT2D eigenvalue weighted by Crippen LogP contribution is -2.62. The second-order valence-corrected chi connectivity index (χ2v) is 17.2. The molecule has 0 amide bonds. The Balaban J connectivity index is 2.72. The smallest absolute Gasteiger partial charge is 0.238 e. The van der Waals surface area contributed by atoms with Crippen LogP contribution in [0.1, 0.15) is 0 Å². The number of nitrogens with zero attached hydrogens (tertiary/aromatic N) is 2. The van der Waals surface area contributed by atoms with Crippen LogP contribution in [-0.2, 0) is 0 Å². The number of para-hydroxylation sites is 1. The van der Waals surface area contributed by atoms with E-state index in [1.165, 1.54) is 5.19 Å². The minimum Gasteiger partial charge on any atom is -0.539 e. The number of hydrogen-bond donors (Lipinski definition) is 0. The Morgan fingerprint density at radius 3 is 2.15 bits per heavy atom. The van der Waals surface area contributed by atoms with Crippen molar-refractivity contribution in [3.63, 3.8) is 0 Å². The molecule has 0 spiro atoms. The highest BCUT2D eigenvalue weighted by Crippen LogP contribution is 2.10. The molecule has 108 valence electrons. The Hall–Kier alpha value is -1.41. The van der Waals surface area contributed by atoms with E-state index in [-0.39, 0.29) is 5.95 Å². The second-order valence-electron chi connectivity index (χ2n) is 7.14. The number of rotatable bonds is 3. The van der Waals surface area contributed by atoms with Gasteiger partial charge in [0.15, 0.2) is 8.07 Å². The molecule has 1 aromatic carbocycles. The molecule has 0 unspecified atom stereocenters. The van der Waals surface area contributed by atoms with Gasteiger partial charge in [-0.15, -0.1) is 0 Å². The minimum absolute atomic E-state index is 0.297. The molecule has 4 nitrogen and oxygen atoms in total. The summed E-state index contributed by atoms with van der Waals surface area (Å²) in [5, 5.41) is 18.0. The van der Waals surface area contributed by atoms with Crippen molar-refractivity contribution in [2.45, 2.75) is 39.3 Å². The minimum atomic E-state index is -1.83. The van der Waals surface area contributed by atoms with Crippen molar-refractivity contribution < 1.29 is 14.3 Å². The van der Waals surface area contributed by atoms with Gasteiger partial charge in [-0.05, 0) is 4.68 Å². The molecular formula is C14H22N2O2Si2. The maximum atomic E-state index is 12.0. The Morgan fingerprint density at radius 2 is 1.60 bits per heavy atom. The Bertz CT molecular complexity index is 625. The van der Waals surface area contributed by atoms with E-state index in [0.717, 1.165) is 11.0 Å². The predicted molar refractivity (Wildman–Crippen MR) is 83.4 cm³/mol. The molecule has 0 aliphatic rings. The van der Waals surface area contributed by atoms with Gasteiger partial charge < -0.3 is 9.63 Å². The SMILES string of the molecule is C[Si](C)(C)c1ccccc1-[n+]1noc([O-])c1[Si](C)(C)C. The maximum Gasteiger partial charge on any atom is 0.238 e. The van der Waals surface area contributed by atoms with E-state index in [1.54, 1.807) is 4.68 Å². The molecular weight excluding hydrogens is 284 g/mol. The fourth-order valence-electron chi connectivity index (χ4n) is 2.33. The molecule has 20 heavy (non-hydrogen) atoms. The molecule has 0 radical (unpaired) electrons. The molecule has 0 saturated heterocycles. The summed E-state index contributed by atoms with van der Waals surface area (Å²) < 4.78 is 6.69. The van der Waals surface area contributed by atoms with Gasteiger partial charge in [-0.1, -0.05) is 57.5 Å². The Morgan fingerprint density at radius 1 is 1.00 bits per heavy atom. The quantitative estimate of drug-likeness (QED) is 0.631. The zero-order valence-electron chi connectivity index (χ0n) is 13.0. The van der Waals surface area contributed by atoms with Crippen LogP contribution < -0.4 is 20.3 Å². The van der Waals surface area contributed by atoms with Crippen molar-refractivity contribution in [3.8, 4) is 11.6 Å². The van der Waals surface area contributed by atoms with Crippen LogP contribution in [0.15, 0.2) is 28.8 Å². The first-order valence-electron chi connectivity index (χ1n) is 6.82. The molecule has 1 heterocycles. The van der Waals surface area contributed by atoms with Crippen molar-refractivity contribution in [2.75, 3.05) is 0 Å². The molecule has 6 heteroatoms. The molecule has 2 aromatic rings. The van der Waals surface area contributed by atoms with Crippen molar-refractivity contribution in [1.82, 2.24) is 5.27 Å². The van der Waals surface area contributed by atoms with E-state index < -0.39 is 16.1 Å². The molecule has 0 saturated carbocycles. The van der Waals surface area contributed by atoms with Gasteiger partial charge >= 0.3 is 0 Å². The first-order chi connectivity index (χ1) is 9.12. The fraction of sp³-hybridized carbons (Fsp3) is 0.429. The second kappa shape index (κ2) is 4.85. The molecule has 1 aromatic heterocycles. The molecule has 0 fully saturated rings. The van der Waals surface area contributed by atoms with Crippen LogP contribution in [-0.4, -0.2) is 21.4 Å². The highest BCUT2D eigenvalue weighted by atomic mass is 28.3. The molecule has 0 aliphatic carbocycles. The lowest BCUT2D eigenvalue weighted by Gasteiger charge is -2.18. The van der Waals surface area contributed by atoms with Crippen LogP contribution in [0.3, 0.4) is 0 Å². The van der Waals surface area contributed by atoms with Crippen molar-refractivity contribution in [3.05, 3.63) is 24.3 Å². The topological polar surface area (TPSA) is 53.0 Å². The van der Waals surface area contributed by atoms with Crippen LogP contribution in [0.4, 0.5) is 0 Å². The van der Waals surface area contributed by atoms with E-state index in [0.29, 0.717) is 0 Å². The zero-order valence-corrected chi connectivity index (χ0v) is 15.0. The van der Waals surface area contributed by atoms with Gasteiger partial charge in [0.25, 0.3) is 0 Å². The first kappa shape index (κ1) is 15.0. The third-order valence-corrected chi connectivity index (χ3v) is 7.14. The summed E-state index contributed by atoms with van der Waals surface area (Å²) in [6.45, 7) is 13.3. The van der Waals surface area contributed by atoms with Gasteiger partial charge in [-0.25, -0.2) is 0 Å². The summed E-state index contributed by atoms with van der Waals surface area (Å²) in [7, 11) is -3.35. The normalized spacial score (nSPS) is 12.7. The van der Waals surface area contributed by atoms with Crippen molar-refractivity contribution >= 4 is 26.7 Å². The van der Waals surface area contributed by atoms with Crippen LogP contribution >= 0.6 is 0 Å². The van der Waals surface area contributed by atoms with Gasteiger partial charge in [0.05, 0.1) is 13.3 Å². The summed E-state index contributed by atoms with van der Waals surface area (Å²) in [6, 6.07) is 8.20. The molecule has 0 bridgehead atoms. The summed E-state index contributed by atoms with van der Waals surface area (Å²) in [6.07, 6.45) is 0. The van der Waals surface area contributed by atoms with Crippen molar-refractivity contribution in [1.29, 1.82) is 0 Å². The summed E-state index contributed by atoms with van der Waals surface area (Å²) in [4.78, 5) is 0. The zero-order chi connectivity index (χ0) is 15.1. The number of hydrogen-bond acceptors (Lipinski definition) is 3. The average molecular weight is 307 g/mol. The summed E-state index contributed by atoms with van der Waals surface area (Å²) in [5.41, 5.74) is 0.995. The number of benzene rings is 1. The van der Waals surface area contributed by atoms with Gasteiger partial charge in [0.2, 0.25) is 11.0 Å².